The molecular formula is C25H39N3O5. The van der Waals surface area contributed by atoms with Crippen LogP contribution < -0.4 is 10.1 Å². The van der Waals surface area contributed by atoms with Gasteiger partial charge in [-0.2, -0.15) is 0 Å². The van der Waals surface area contributed by atoms with Gasteiger partial charge in [0.1, 0.15) is 11.4 Å². The quantitative estimate of drug-likeness (QED) is 0.671. The number of nitrogens with zero attached hydrogens (tertiary/aromatic N) is 2. The standard InChI is InChI=1S/C25H39N3O5/c1-18(2)20-10-7-8-11-21(20)32-19(3)23(30)28-15-9-14-27(16-17-28)22(29)12-13-26-24(31)33-25(4,5)6/h7-8,10-11,18-19H,9,12-17H2,1-6H3,(H,26,31). The van der Waals surface area contributed by atoms with Crippen molar-refractivity contribution < 1.29 is 23.9 Å². The molecule has 3 amide bonds. The van der Waals surface area contributed by atoms with Gasteiger partial charge in [0.15, 0.2) is 6.10 Å². The Morgan fingerprint density at radius 2 is 1.64 bits per heavy atom. The maximum Gasteiger partial charge on any atom is 0.407 e. The van der Waals surface area contributed by atoms with Crippen LogP contribution in [0.3, 0.4) is 0 Å². The highest BCUT2D eigenvalue weighted by molar-refractivity contribution is 5.81. The minimum absolute atomic E-state index is 0.0458. The molecule has 1 aromatic carbocycles. The minimum atomic E-state index is -0.606. The Morgan fingerprint density at radius 3 is 2.30 bits per heavy atom. The Balaban J connectivity index is 1.83. The molecule has 33 heavy (non-hydrogen) atoms. The number of carbonyl (C=O) groups excluding carboxylic acids is 3. The van der Waals surface area contributed by atoms with Crippen molar-refractivity contribution in [2.24, 2.45) is 0 Å². The first-order valence-corrected chi connectivity index (χ1v) is 11.8. The van der Waals surface area contributed by atoms with Crippen molar-refractivity contribution in [3.05, 3.63) is 29.8 Å². The van der Waals surface area contributed by atoms with Crippen LogP contribution in [0.25, 0.3) is 0 Å². The summed E-state index contributed by atoms with van der Waals surface area (Å²) >= 11 is 0. The Morgan fingerprint density at radius 1 is 1.00 bits per heavy atom. The molecule has 0 bridgehead atoms. The van der Waals surface area contributed by atoms with Gasteiger partial charge in [-0.1, -0.05) is 32.0 Å². The SMILES string of the molecule is CC(Oc1ccccc1C(C)C)C(=O)N1CCCN(C(=O)CCNC(=O)OC(C)(C)C)CC1. The molecule has 184 valence electrons. The largest absolute Gasteiger partial charge is 0.481 e. The van der Waals surface area contributed by atoms with E-state index in [-0.39, 0.29) is 24.8 Å². The fourth-order valence-corrected chi connectivity index (χ4v) is 3.69. The molecule has 1 N–H and O–H groups in total. The van der Waals surface area contributed by atoms with Gasteiger partial charge in [-0.25, -0.2) is 4.79 Å². The van der Waals surface area contributed by atoms with E-state index in [2.05, 4.69) is 19.2 Å². The summed E-state index contributed by atoms with van der Waals surface area (Å²) in [5, 5.41) is 2.61. The summed E-state index contributed by atoms with van der Waals surface area (Å²) in [7, 11) is 0. The molecule has 1 aromatic rings. The van der Waals surface area contributed by atoms with Crippen molar-refractivity contribution in [3.63, 3.8) is 0 Å². The molecule has 0 saturated carbocycles. The molecule has 0 aromatic heterocycles. The van der Waals surface area contributed by atoms with Crippen LogP contribution >= 0.6 is 0 Å². The monoisotopic (exact) mass is 461 g/mol. The van der Waals surface area contributed by atoms with E-state index in [0.717, 1.165) is 11.3 Å². The molecule has 0 radical (unpaired) electrons. The van der Waals surface area contributed by atoms with E-state index >= 15 is 0 Å². The highest BCUT2D eigenvalue weighted by atomic mass is 16.6. The summed E-state index contributed by atoms with van der Waals surface area (Å²) in [5.41, 5.74) is 0.497. The summed E-state index contributed by atoms with van der Waals surface area (Å²) in [5.74, 6) is 0.911. The zero-order valence-corrected chi connectivity index (χ0v) is 20.8. The van der Waals surface area contributed by atoms with Gasteiger partial charge < -0.3 is 24.6 Å². The molecule has 1 atom stereocenters. The molecule has 2 rings (SSSR count). The average Bonchev–Trinajstić information content (AvgIpc) is 2.98. The Bertz CT molecular complexity index is 819. The third-order valence-electron chi connectivity index (χ3n) is 5.36. The maximum atomic E-state index is 13.0. The molecule has 8 nitrogen and oxygen atoms in total. The summed E-state index contributed by atoms with van der Waals surface area (Å²) in [6.07, 6.45) is -0.244. The fourth-order valence-electron chi connectivity index (χ4n) is 3.69. The first-order valence-electron chi connectivity index (χ1n) is 11.8. The highest BCUT2D eigenvalue weighted by Gasteiger charge is 2.27. The summed E-state index contributed by atoms with van der Waals surface area (Å²) in [6, 6.07) is 7.79. The lowest BCUT2D eigenvalue weighted by molar-refractivity contribution is -0.138. The zero-order chi connectivity index (χ0) is 24.6. The van der Waals surface area contributed by atoms with Gasteiger partial charge in [0, 0.05) is 39.1 Å². The number of rotatable bonds is 7. The normalized spacial score (nSPS) is 15.6. The van der Waals surface area contributed by atoms with Gasteiger partial charge in [-0.05, 0) is 51.7 Å². The fraction of sp³-hybridized carbons (Fsp3) is 0.640. The molecule has 1 saturated heterocycles. The number of ether oxygens (including phenoxy) is 2. The van der Waals surface area contributed by atoms with Crippen LogP contribution in [-0.2, 0) is 14.3 Å². The summed E-state index contributed by atoms with van der Waals surface area (Å²) < 4.78 is 11.2. The van der Waals surface area contributed by atoms with Crippen LogP contribution in [0.5, 0.6) is 5.75 Å². The van der Waals surface area contributed by atoms with Crippen LogP contribution in [0.1, 0.15) is 65.9 Å². The maximum absolute atomic E-state index is 13.0. The zero-order valence-electron chi connectivity index (χ0n) is 20.8. The minimum Gasteiger partial charge on any atom is -0.481 e. The second-order valence-electron chi connectivity index (χ2n) is 9.69. The third kappa shape index (κ3) is 8.59. The molecule has 1 aliphatic heterocycles. The topological polar surface area (TPSA) is 88.2 Å². The van der Waals surface area contributed by atoms with Gasteiger partial charge in [0.2, 0.25) is 5.91 Å². The number of carbonyl (C=O) groups is 3. The van der Waals surface area contributed by atoms with E-state index in [1.807, 2.05) is 24.3 Å². The van der Waals surface area contributed by atoms with Crippen LogP contribution in [0.15, 0.2) is 24.3 Å². The first-order chi connectivity index (χ1) is 15.5. The van der Waals surface area contributed by atoms with Crippen LogP contribution in [0.2, 0.25) is 0 Å². The number of nitrogens with one attached hydrogen (secondary N) is 1. The van der Waals surface area contributed by atoms with E-state index in [1.54, 1.807) is 37.5 Å². The van der Waals surface area contributed by atoms with E-state index in [9.17, 15) is 14.4 Å². The Labute approximate surface area is 197 Å². The van der Waals surface area contributed by atoms with Gasteiger partial charge in [0.05, 0.1) is 0 Å². The lowest BCUT2D eigenvalue weighted by Crippen LogP contribution is -2.43. The predicted molar refractivity (Wildman–Crippen MR) is 127 cm³/mol. The number of benzene rings is 1. The molecule has 1 aliphatic rings. The van der Waals surface area contributed by atoms with Crippen LogP contribution in [-0.4, -0.2) is 72.1 Å². The third-order valence-corrected chi connectivity index (χ3v) is 5.36. The van der Waals surface area contributed by atoms with Gasteiger partial charge >= 0.3 is 6.09 Å². The van der Waals surface area contributed by atoms with E-state index in [1.165, 1.54) is 0 Å². The molecular weight excluding hydrogens is 422 g/mol. The molecule has 1 heterocycles. The number of hydrogen-bond donors (Lipinski definition) is 1. The second kappa shape index (κ2) is 11.9. The van der Waals surface area contributed by atoms with E-state index in [0.29, 0.717) is 38.5 Å². The summed E-state index contributed by atoms with van der Waals surface area (Å²) in [4.78, 5) is 40.8. The molecule has 1 fully saturated rings. The van der Waals surface area contributed by atoms with E-state index < -0.39 is 17.8 Å². The lowest BCUT2D eigenvalue weighted by Gasteiger charge is -2.26. The number of amides is 3. The highest BCUT2D eigenvalue weighted by Crippen LogP contribution is 2.27. The lowest BCUT2D eigenvalue weighted by atomic mass is 10.0. The van der Waals surface area contributed by atoms with Crippen molar-refractivity contribution in [1.82, 2.24) is 15.1 Å². The van der Waals surface area contributed by atoms with Gasteiger partial charge in [-0.3, -0.25) is 9.59 Å². The van der Waals surface area contributed by atoms with Crippen LogP contribution in [0.4, 0.5) is 4.79 Å². The molecule has 1 unspecified atom stereocenters. The Hall–Kier alpha value is -2.77. The Kier molecular flexibility index (Phi) is 9.56. The van der Waals surface area contributed by atoms with Crippen molar-refractivity contribution in [2.45, 2.75) is 72.0 Å². The van der Waals surface area contributed by atoms with E-state index in [4.69, 9.17) is 9.47 Å². The predicted octanol–water partition coefficient (Wildman–Crippen LogP) is 3.55. The number of alkyl carbamates (subject to hydrolysis) is 1. The van der Waals surface area contributed by atoms with Crippen molar-refractivity contribution >= 4 is 17.9 Å². The van der Waals surface area contributed by atoms with Gasteiger partial charge in [0.25, 0.3) is 5.91 Å². The number of hydrogen-bond acceptors (Lipinski definition) is 5. The van der Waals surface area contributed by atoms with Crippen LogP contribution in [0, 0.1) is 0 Å². The van der Waals surface area contributed by atoms with Crippen molar-refractivity contribution in [2.75, 3.05) is 32.7 Å². The molecule has 0 spiro atoms. The van der Waals surface area contributed by atoms with Gasteiger partial charge in [-0.15, -0.1) is 0 Å². The van der Waals surface area contributed by atoms with Crippen molar-refractivity contribution in [1.29, 1.82) is 0 Å². The second-order valence-corrected chi connectivity index (χ2v) is 9.69. The first kappa shape index (κ1) is 26.5. The van der Waals surface area contributed by atoms with Crippen molar-refractivity contribution in [3.8, 4) is 5.75 Å². The molecule has 0 aliphatic carbocycles. The smallest absolute Gasteiger partial charge is 0.407 e. The molecule has 8 heteroatoms. The number of para-hydroxylation sites is 1. The average molecular weight is 462 g/mol. The summed E-state index contributed by atoms with van der Waals surface area (Å²) in [6.45, 7) is 13.6.